The number of sulfonamides is 1. The van der Waals surface area contributed by atoms with Crippen LogP contribution >= 0.6 is 0 Å². The van der Waals surface area contributed by atoms with Crippen LogP contribution < -0.4 is 10.4 Å². The molecule has 0 radical (unpaired) electrons. The molecule has 4 aromatic rings. The largest absolute Gasteiger partial charge is 0.394 e. The van der Waals surface area contributed by atoms with Crippen molar-refractivity contribution in [1.82, 2.24) is 18.9 Å². The minimum atomic E-state index is -3.64. The van der Waals surface area contributed by atoms with Gasteiger partial charge in [-0.05, 0) is 44.5 Å². The summed E-state index contributed by atoms with van der Waals surface area (Å²) in [4.78, 5) is 12.9. The average molecular weight is 484 g/mol. The first-order valence-corrected chi connectivity index (χ1v) is 13.1. The summed E-state index contributed by atoms with van der Waals surface area (Å²) in [5, 5.41) is 14.3. The van der Waals surface area contributed by atoms with Crippen LogP contribution in [-0.2, 0) is 29.7 Å². The van der Waals surface area contributed by atoms with Crippen LogP contribution in [0.2, 0.25) is 0 Å². The molecule has 4 rings (SSSR count). The lowest BCUT2D eigenvalue weighted by Gasteiger charge is -2.11. The quantitative estimate of drug-likeness (QED) is 0.400. The van der Waals surface area contributed by atoms with Gasteiger partial charge < -0.3 is 5.11 Å². The van der Waals surface area contributed by atoms with Gasteiger partial charge in [0.05, 0.1) is 36.0 Å². The minimum absolute atomic E-state index is 0.0819. The maximum atomic E-state index is 12.9. The van der Waals surface area contributed by atoms with Crippen LogP contribution in [0.5, 0.6) is 0 Å². The summed E-state index contributed by atoms with van der Waals surface area (Å²) in [7, 11) is -3.64. The highest BCUT2D eigenvalue weighted by Crippen LogP contribution is 2.39. The number of rotatable bonds is 8. The normalized spacial score (nSPS) is 11.9. The Hall–Kier alpha value is -3.37. The maximum Gasteiger partial charge on any atom is 0.329 e. The number of aromatic nitrogens is 4. The third-order valence-corrected chi connectivity index (χ3v) is 6.34. The fourth-order valence-electron chi connectivity index (χ4n) is 4.35. The Kier molecular flexibility index (Phi) is 6.37. The van der Waals surface area contributed by atoms with Crippen molar-refractivity contribution in [3.8, 4) is 22.4 Å². The molecule has 2 N–H and O–H groups in total. The monoisotopic (exact) mass is 483 g/mol. The van der Waals surface area contributed by atoms with E-state index in [1.807, 2.05) is 63.2 Å². The molecule has 2 aromatic heterocycles. The van der Waals surface area contributed by atoms with E-state index in [1.54, 1.807) is 9.13 Å². The first-order chi connectivity index (χ1) is 16.2. The fourth-order valence-corrected chi connectivity index (χ4v) is 4.91. The van der Waals surface area contributed by atoms with E-state index in [9.17, 15) is 18.3 Å². The van der Waals surface area contributed by atoms with Crippen molar-refractivity contribution < 1.29 is 13.5 Å². The van der Waals surface area contributed by atoms with Crippen molar-refractivity contribution in [3.63, 3.8) is 0 Å². The number of aliphatic hydroxyl groups excluding tert-OH is 1. The van der Waals surface area contributed by atoms with Gasteiger partial charge in [-0.1, -0.05) is 29.8 Å². The molecule has 2 aromatic carbocycles. The maximum absolute atomic E-state index is 12.9. The molecule has 0 saturated heterocycles. The third kappa shape index (κ3) is 4.26. The standard InChI is InChI=1S/C24H29N5O4S/c1-5-27-19-11-10-17(15-20(19)28(6-2)24(27)31)21-22(18-9-7-8-16(3)14-18)25-29(12-13-30)23(21)26-34(4,32)33/h7-11,14-15,26,30H,5-6,12-13H2,1-4H3. The van der Waals surface area contributed by atoms with Gasteiger partial charge in [0, 0.05) is 18.7 Å². The number of aryl methyl sites for hydroxylation is 3. The number of nitrogens with one attached hydrogen (secondary N) is 1. The van der Waals surface area contributed by atoms with Crippen LogP contribution in [0.25, 0.3) is 33.4 Å². The summed E-state index contributed by atoms with van der Waals surface area (Å²) >= 11 is 0. The van der Waals surface area contributed by atoms with E-state index in [4.69, 9.17) is 0 Å². The molecule has 2 heterocycles. The lowest BCUT2D eigenvalue weighted by atomic mass is 9.99. The fraction of sp³-hybridized carbons (Fsp3) is 0.333. The minimum Gasteiger partial charge on any atom is -0.394 e. The second-order valence-corrected chi connectivity index (χ2v) is 9.99. The van der Waals surface area contributed by atoms with E-state index >= 15 is 0 Å². The predicted molar refractivity (Wildman–Crippen MR) is 134 cm³/mol. The van der Waals surface area contributed by atoms with E-state index in [-0.39, 0.29) is 24.7 Å². The van der Waals surface area contributed by atoms with Crippen LogP contribution in [0.3, 0.4) is 0 Å². The van der Waals surface area contributed by atoms with Crippen molar-refractivity contribution in [2.75, 3.05) is 17.6 Å². The van der Waals surface area contributed by atoms with Gasteiger partial charge >= 0.3 is 5.69 Å². The number of aliphatic hydroxyl groups is 1. The molecule has 0 bridgehead atoms. The van der Waals surface area contributed by atoms with Crippen LogP contribution in [0.4, 0.5) is 5.82 Å². The SMILES string of the molecule is CCn1c(=O)n(CC)c2cc(-c3c(-c4cccc(C)c4)nn(CCO)c3NS(C)(=O)=O)ccc21. The van der Waals surface area contributed by atoms with Gasteiger partial charge in [-0.15, -0.1) is 0 Å². The number of benzene rings is 2. The Balaban J connectivity index is 2.08. The Morgan fingerprint density at radius 2 is 1.71 bits per heavy atom. The Morgan fingerprint density at radius 3 is 2.32 bits per heavy atom. The molecule has 0 unspecified atom stereocenters. The van der Waals surface area contributed by atoms with Gasteiger partial charge in [-0.2, -0.15) is 5.10 Å². The lowest BCUT2D eigenvalue weighted by molar-refractivity contribution is 0.270. The predicted octanol–water partition coefficient (Wildman–Crippen LogP) is 3.05. The highest BCUT2D eigenvalue weighted by atomic mass is 32.2. The van der Waals surface area contributed by atoms with E-state index in [1.165, 1.54) is 4.68 Å². The zero-order chi connectivity index (χ0) is 24.6. The van der Waals surface area contributed by atoms with E-state index in [0.717, 1.165) is 34.0 Å². The van der Waals surface area contributed by atoms with Crippen LogP contribution in [0.15, 0.2) is 47.3 Å². The summed E-state index contributed by atoms with van der Waals surface area (Å²) in [6, 6.07) is 13.5. The van der Waals surface area contributed by atoms with E-state index < -0.39 is 10.0 Å². The van der Waals surface area contributed by atoms with E-state index in [2.05, 4.69) is 9.82 Å². The molecule has 0 saturated carbocycles. The number of nitrogens with zero attached hydrogens (tertiary/aromatic N) is 4. The smallest absolute Gasteiger partial charge is 0.329 e. The Labute approximate surface area is 198 Å². The summed E-state index contributed by atoms with van der Waals surface area (Å²) in [5.41, 5.74) is 5.25. The average Bonchev–Trinajstić information content (AvgIpc) is 3.26. The molecule has 10 heteroatoms. The molecule has 9 nitrogen and oxygen atoms in total. The van der Waals surface area contributed by atoms with Crippen molar-refractivity contribution in [1.29, 1.82) is 0 Å². The molecular formula is C24H29N5O4S. The Bertz CT molecular complexity index is 1530. The molecule has 0 fully saturated rings. The van der Waals surface area contributed by atoms with Crippen molar-refractivity contribution in [2.45, 2.75) is 40.4 Å². The van der Waals surface area contributed by atoms with Gasteiger partial charge in [0.1, 0.15) is 11.5 Å². The molecule has 0 aliphatic rings. The number of hydrogen-bond acceptors (Lipinski definition) is 5. The van der Waals surface area contributed by atoms with Gasteiger partial charge in [0.25, 0.3) is 0 Å². The first kappa shape index (κ1) is 23.8. The number of fused-ring (bicyclic) bond motifs is 1. The Morgan fingerprint density at radius 1 is 1.00 bits per heavy atom. The molecule has 0 aliphatic heterocycles. The molecule has 34 heavy (non-hydrogen) atoms. The highest BCUT2D eigenvalue weighted by Gasteiger charge is 2.24. The molecule has 0 atom stereocenters. The summed E-state index contributed by atoms with van der Waals surface area (Å²) < 4.78 is 32.0. The summed E-state index contributed by atoms with van der Waals surface area (Å²) in [6.07, 6.45) is 1.08. The molecule has 180 valence electrons. The number of anilines is 1. The van der Waals surface area contributed by atoms with Gasteiger partial charge in [-0.3, -0.25) is 13.9 Å². The zero-order valence-corrected chi connectivity index (χ0v) is 20.6. The van der Waals surface area contributed by atoms with Gasteiger partial charge in [0.15, 0.2) is 0 Å². The van der Waals surface area contributed by atoms with Crippen molar-refractivity contribution >= 4 is 26.9 Å². The van der Waals surface area contributed by atoms with Crippen LogP contribution in [0, 0.1) is 6.92 Å². The number of imidazole rings is 1. The lowest BCUT2D eigenvalue weighted by Crippen LogP contribution is -2.23. The molecule has 0 aliphatic carbocycles. The van der Waals surface area contributed by atoms with E-state index in [0.29, 0.717) is 24.3 Å². The van der Waals surface area contributed by atoms with Crippen LogP contribution in [0.1, 0.15) is 19.4 Å². The molecule has 0 amide bonds. The topological polar surface area (TPSA) is 111 Å². The van der Waals surface area contributed by atoms with Crippen molar-refractivity contribution in [2.24, 2.45) is 0 Å². The van der Waals surface area contributed by atoms with Gasteiger partial charge in [0.2, 0.25) is 10.0 Å². The van der Waals surface area contributed by atoms with Gasteiger partial charge in [-0.25, -0.2) is 17.9 Å². The molecule has 0 spiro atoms. The zero-order valence-electron chi connectivity index (χ0n) is 19.7. The number of hydrogen-bond donors (Lipinski definition) is 2. The highest BCUT2D eigenvalue weighted by molar-refractivity contribution is 7.92. The van der Waals surface area contributed by atoms with Crippen molar-refractivity contribution in [3.05, 3.63) is 58.5 Å². The first-order valence-electron chi connectivity index (χ1n) is 11.2. The second-order valence-electron chi connectivity index (χ2n) is 8.24. The third-order valence-electron chi connectivity index (χ3n) is 5.78. The van der Waals surface area contributed by atoms with Crippen LogP contribution in [-0.4, -0.2) is 45.3 Å². The summed E-state index contributed by atoms with van der Waals surface area (Å²) in [5.74, 6) is 0.271. The summed E-state index contributed by atoms with van der Waals surface area (Å²) in [6.45, 7) is 6.79. The molecular weight excluding hydrogens is 454 g/mol. The second kappa shape index (κ2) is 9.11.